The summed E-state index contributed by atoms with van der Waals surface area (Å²) in [5, 5.41) is 3.60. The van der Waals surface area contributed by atoms with Gasteiger partial charge in [-0.3, -0.25) is 13.9 Å². The molecule has 0 aliphatic rings. The third kappa shape index (κ3) is 10.2. The van der Waals surface area contributed by atoms with Crippen LogP contribution in [-0.4, -0.2) is 50.5 Å². The molecule has 0 radical (unpaired) electrons. The van der Waals surface area contributed by atoms with Crippen LogP contribution in [0.3, 0.4) is 0 Å². The summed E-state index contributed by atoms with van der Waals surface area (Å²) in [6.45, 7) is 8.74. The number of aryl methyl sites for hydroxylation is 2. The first-order valence-corrected chi connectivity index (χ1v) is 16.5. The van der Waals surface area contributed by atoms with Crippen molar-refractivity contribution >= 4 is 39.1 Å². The lowest BCUT2D eigenvalue weighted by Crippen LogP contribution is -2.51. The summed E-state index contributed by atoms with van der Waals surface area (Å²) in [6.07, 6.45) is 1.89. The molecule has 0 aliphatic carbocycles. The molecule has 226 valence electrons. The van der Waals surface area contributed by atoms with Crippen LogP contribution in [-0.2, 0) is 32.6 Å². The van der Waals surface area contributed by atoms with Crippen LogP contribution in [0.2, 0.25) is 5.02 Å². The van der Waals surface area contributed by atoms with Crippen molar-refractivity contribution in [3.8, 4) is 0 Å². The molecule has 1 N–H and O–H groups in total. The highest BCUT2D eigenvalue weighted by Gasteiger charge is 2.30. The molecule has 0 heterocycles. The van der Waals surface area contributed by atoms with Crippen molar-refractivity contribution in [1.82, 2.24) is 10.2 Å². The molecular weight excluding hydrogens is 570 g/mol. The second kappa shape index (κ2) is 15.2. The maximum atomic E-state index is 13.9. The summed E-state index contributed by atoms with van der Waals surface area (Å²) in [6, 6.07) is 21.7. The van der Waals surface area contributed by atoms with Crippen molar-refractivity contribution in [2.75, 3.05) is 23.7 Å². The van der Waals surface area contributed by atoms with Gasteiger partial charge in [0.15, 0.2) is 0 Å². The predicted octanol–water partition coefficient (Wildman–Crippen LogP) is 5.92. The van der Waals surface area contributed by atoms with Crippen LogP contribution in [0.5, 0.6) is 0 Å². The maximum Gasteiger partial charge on any atom is 0.243 e. The second-order valence-corrected chi connectivity index (χ2v) is 13.6. The lowest BCUT2D eigenvalue weighted by atomic mass is 10.0. The van der Waals surface area contributed by atoms with Crippen molar-refractivity contribution < 1.29 is 18.0 Å². The average molecular weight is 612 g/mol. The zero-order valence-electron chi connectivity index (χ0n) is 25.1. The molecule has 2 amide bonds. The molecule has 3 aromatic carbocycles. The minimum atomic E-state index is -3.58. The molecule has 0 aromatic heterocycles. The van der Waals surface area contributed by atoms with E-state index in [4.69, 9.17) is 11.6 Å². The number of sulfonamides is 1. The lowest BCUT2D eigenvalue weighted by Gasteiger charge is -2.32. The highest BCUT2D eigenvalue weighted by molar-refractivity contribution is 7.92. The van der Waals surface area contributed by atoms with Gasteiger partial charge in [0, 0.05) is 37.5 Å². The largest absolute Gasteiger partial charge is 0.354 e. The fourth-order valence-corrected chi connectivity index (χ4v) is 5.94. The average Bonchev–Trinajstić information content (AvgIpc) is 2.91. The fraction of sp³-hybridized carbons (Fsp3) is 0.394. The number of hydrogen-bond acceptors (Lipinski definition) is 4. The fourth-order valence-electron chi connectivity index (χ4n) is 4.86. The number of halogens is 1. The zero-order chi connectivity index (χ0) is 30.9. The van der Waals surface area contributed by atoms with Gasteiger partial charge < -0.3 is 10.2 Å². The van der Waals surface area contributed by atoms with Gasteiger partial charge in [-0.15, -0.1) is 0 Å². The van der Waals surface area contributed by atoms with Crippen LogP contribution >= 0.6 is 11.6 Å². The van der Waals surface area contributed by atoms with E-state index in [1.165, 1.54) is 10.6 Å². The molecule has 0 aliphatic heterocycles. The number of carbonyl (C=O) groups excluding carboxylic acids is 2. The van der Waals surface area contributed by atoms with E-state index in [1.807, 2.05) is 88.4 Å². The third-order valence-electron chi connectivity index (χ3n) is 6.87. The molecule has 0 saturated heterocycles. The third-order valence-corrected chi connectivity index (χ3v) is 8.31. The van der Waals surface area contributed by atoms with Gasteiger partial charge in [0.1, 0.15) is 6.04 Å². The smallest absolute Gasteiger partial charge is 0.243 e. The van der Waals surface area contributed by atoms with Crippen molar-refractivity contribution in [3.05, 3.63) is 100 Å². The van der Waals surface area contributed by atoms with E-state index in [1.54, 1.807) is 17.0 Å². The number of nitrogens with one attached hydrogen (secondary N) is 1. The molecule has 1 atom stereocenters. The van der Waals surface area contributed by atoms with Gasteiger partial charge >= 0.3 is 0 Å². The van der Waals surface area contributed by atoms with Gasteiger partial charge in [-0.2, -0.15) is 0 Å². The van der Waals surface area contributed by atoms with Crippen LogP contribution in [0, 0.1) is 19.8 Å². The first-order valence-electron chi connectivity index (χ1n) is 14.2. The molecule has 3 rings (SSSR count). The number of amides is 2. The molecule has 3 aromatic rings. The number of anilines is 1. The molecule has 9 heteroatoms. The standard InChI is InChI=1S/C33H42ClN3O4S/c1-24(2)22-35-33(39)31(21-27-10-7-6-8-11-27)36(23-28-13-15-29(34)16-14-28)32(38)12-9-17-37(42(5,40)41)30-19-25(3)18-26(4)20-30/h6-8,10-11,13-16,18-20,24,31H,9,12,17,21-23H2,1-5H3,(H,35,39). The van der Waals surface area contributed by atoms with Crippen molar-refractivity contribution in [2.45, 2.75) is 59.5 Å². The van der Waals surface area contributed by atoms with E-state index in [0.717, 1.165) is 22.3 Å². The van der Waals surface area contributed by atoms with Gasteiger partial charge in [0.2, 0.25) is 21.8 Å². The summed E-state index contributed by atoms with van der Waals surface area (Å²) in [4.78, 5) is 29.1. The molecule has 0 bridgehead atoms. The van der Waals surface area contributed by atoms with E-state index in [-0.39, 0.29) is 37.2 Å². The highest BCUT2D eigenvalue weighted by Crippen LogP contribution is 2.23. The van der Waals surface area contributed by atoms with Gasteiger partial charge in [0.25, 0.3) is 0 Å². The minimum Gasteiger partial charge on any atom is -0.354 e. The molecule has 42 heavy (non-hydrogen) atoms. The highest BCUT2D eigenvalue weighted by atomic mass is 35.5. The van der Waals surface area contributed by atoms with Crippen LogP contribution < -0.4 is 9.62 Å². The van der Waals surface area contributed by atoms with E-state index in [0.29, 0.717) is 30.1 Å². The van der Waals surface area contributed by atoms with E-state index >= 15 is 0 Å². The number of nitrogens with zero attached hydrogens (tertiary/aromatic N) is 2. The van der Waals surface area contributed by atoms with Crippen LogP contribution in [0.4, 0.5) is 5.69 Å². The Labute approximate surface area is 255 Å². The first-order chi connectivity index (χ1) is 19.8. The molecule has 0 fully saturated rings. The monoisotopic (exact) mass is 611 g/mol. The molecule has 1 unspecified atom stereocenters. The Hall–Kier alpha value is -3.36. The van der Waals surface area contributed by atoms with E-state index < -0.39 is 16.1 Å². The quantitative estimate of drug-likeness (QED) is 0.245. The Bertz CT molecular complexity index is 1420. The van der Waals surface area contributed by atoms with E-state index in [9.17, 15) is 18.0 Å². The van der Waals surface area contributed by atoms with E-state index in [2.05, 4.69) is 5.32 Å². The Balaban J connectivity index is 1.89. The number of rotatable bonds is 14. The molecule has 0 spiro atoms. The molecular formula is C33H42ClN3O4S. The summed E-state index contributed by atoms with van der Waals surface area (Å²) in [5.74, 6) is -0.193. The number of carbonyl (C=O) groups is 2. The summed E-state index contributed by atoms with van der Waals surface area (Å²) in [5.41, 5.74) is 4.28. The Kier molecular flexibility index (Phi) is 12.0. The van der Waals surface area contributed by atoms with Gasteiger partial charge in [-0.05, 0) is 72.7 Å². The first kappa shape index (κ1) is 33.1. The second-order valence-electron chi connectivity index (χ2n) is 11.3. The Morgan fingerprint density at radius 3 is 2.10 bits per heavy atom. The topological polar surface area (TPSA) is 86.8 Å². The SMILES string of the molecule is Cc1cc(C)cc(N(CCCC(=O)N(Cc2ccc(Cl)cc2)C(Cc2ccccc2)C(=O)NCC(C)C)S(C)(=O)=O)c1. The summed E-state index contributed by atoms with van der Waals surface area (Å²) in [7, 11) is -3.58. The number of hydrogen-bond donors (Lipinski definition) is 1. The molecule has 7 nitrogen and oxygen atoms in total. The maximum absolute atomic E-state index is 13.9. The summed E-state index contributed by atoms with van der Waals surface area (Å²) >= 11 is 6.11. The van der Waals surface area contributed by atoms with Crippen LogP contribution in [0.1, 0.15) is 48.9 Å². The van der Waals surface area contributed by atoms with Crippen LogP contribution in [0.15, 0.2) is 72.8 Å². The Morgan fingerprint density at radius 1 is 0.905 bits per heavy atom. The Morgan fingerprint density at radius 2 is 1.52 bits per heavy atom. The number of benzene rings is 3. The molecule has 0 saturated carbocycles. The lowest BCUT2D eigenvalue weighted by molar-refractivity contribution is -0.141. The van der Waals surface area contributed by atoms with Gasteiger partial charge in [-0.1, -0.05) is 74.0 Å². The predicted molar refractivity (Wildman–Crippen MR) is 171 cm³/mol. The minimum absolute atomic E-state index is 0.0765. The zero-order valence-corrected chi connectivity index (χ0v) is 26.7. The van der Waals surface area contributed by atoms with Gasteiger partial charge in [0.05, 0.1) is 11.9 Å². The van der Waals surface area contributed by atoms with Crippen molar-refractivity contribution in [1.29, 1.82) is 0 Å². The van der Waals surface area contributed by atoms with Crippen LogP contribution in [0.25, 0.3) is 0 Å². The summed E-state index contributed by atoms with van der Waals surface area (Å²) < 4.78 is 26.8. The normalized spacial score (nSPS) is 12.2. The van der Waals surface area contributed by atoms with Gasteiger partial charge in [-0.25, -0.2) is 8.42 Å². The van der Waals surface area contributed by atoms with Crippen molar-refractivity contribution in [2.24, 2.45) is 5.92 Å². The van der Waals surface area contributed by atoms with Crippen molar-refractivity contribution in [3.63, 3.8) is 0 Å².